The maximum absolute atomic E-state index is 5.86. The summed E-state index contributed by atoms with van der Waals surface area (Å²) in [4.78, 5) is 9.66. The number of fused-ring (bicyclic) bond motifs is 1. The molecule has 0 bridgehead atoms. The number of nitrogens with two attached hydrogens (primary N) is 1. The number of anilines is 2. The van der Waals surface area contributed by atoms with Crippen molar-refractivity contribution in [1.29, 1.82) is 0 Å². The number of aryl methyl sites for hydroxylation is 1. The second kappa shape index (κ2) is 5.29. The van der Waals surface area contributed by atoms with Gasteiger partial charge in [0.15, 0.2) is 0 Å². The molecule has 0 atom stereocenters. The molecule has 2 N–H and O–H groups in total. The van der Waals surface area contributed by atoms with Crippen LogP contribution in [0.25, 0.3) is 10.9 Å². The lowest BCUT2D eigenvalue weighted by Gasteiger charge is -2.35. The zero-order valence-electron chi connectivity index (χ0n) is 12.3. The maximum atomic E-state index is 5.86. The van der Waals surface area contributed by atoms with Crippen LogP contribution in [-0.2, 0) is 0 Å². The summed E-state index contributed by atoms with van der Waals surface area (Å²) in [6.45, 7) is 9.85. The molecule has 1 aliphatic heterocycles. The van der Waals surface area contributed by atoms with Crippen LogP contribution in [0.2, 0.25) is 0 Å². The minimum absolute atomic E-state index is 0.798. The van der Waals surface area contributed by atoms with Crippen LogP contribution in [0.4, 0.5) is 11.5 Å². The van der Waals surface area contributed by atoms with Crippen LogP contribution in [0.15, 0.2) is 24.3 Å². The smallest absolute Gasteiger partial charge is 0.129 e. The van der Waals surface area contributed by atoms with Crippen LogP contribution >= 0.6 is 0 Å². The molecule has 3 rings (SSSR count). The highest BCUT2D eigenvalue weighted by Gasteiger charge is 2.17. The second-order valence-corrected chi connectivity index (χ2v) is 5.50. The van der Waals surface area contributed by atoms with Crippen molar-refractivity contribution in [3.8, 4) is 0 Å². The summed E-state index contributed by atoms with van der Waals surface area (Å²) in [5.41, 5.74) is 8.94. The van der Waals surface area contributed by atoms with E-state index >= 15 is 0 Å². The molecule has 4 nitrogen and oxygen atoms in total. The van der Waals surface area contributed by atoms with E-state index in [9.17, 15) is 0 Å². The number of aromatic nitrogens is 1. The zero-order chi connectivity index (χ0) is 14.1. The monoisotopic (exact) mass is 270 g/mol. The van der Waals surface area contributed by atoms with Gasteiger partial charge in [-0.2, -0.15) is 0 Å². The van der Waals surface area contributed by atoms with Crippen molar-refractivity contribution in [1.82, 2.24) is 9.88 Å². The number of likely N-dealkylation sites (N-methyl/N-ethyl adjacent to an activating group) is 1. The van der Waals surface area contributed by atoms with Crippen molar-refractivity contribution in [2.45, 2.75) is 13.8 Å². The van der Waals surface area contributed by atoms with Crippen molar-refractivity contribution in [3.63, 3.8) is 0 Å². The van der Waals surface area contributed by atoms with E-state index in [1.165, 1.54) is 5.56 Å². The van der Waals surface area contributed by atoms with Gasteiger partial charge in [0, 0.05) is 37.3 Å². The second-order valence-electron chi connectivity index (χ2n) is 5.50. The molecule has 1 aromatic heterocycles. The van der Waals surface area contributed by atoms with Gasteiger partial charge >= 0.3 is 0 Å². The minimum atomic E-state index is 0.798. The van der Waals surface area contributed by atoms with Crippen molar-refractivity contribution in [2.24, 2.45) is 0 Å². The number of piperazine rings is 1. The highest BCUT2D eigenvalue weighted by molar-refractivity contribution is 5.86. The van der Waals surface area contributed by atoms with Gasteiger partial charge in [-0.3, -0.25) is 0 Å². The summed E-state index contributed by atoms with van der Waals surface area (Å²) in [7, 11) is 0. The van der Waals surface area contributed by atoms with Crippen LogP contribution < -0.4 is 10.6 Å². The third-order valence-electron chi connectivity index (χ3n) is 4.17. The summed E-state index contributed by atoms with van der Waals surface area (Å²) in [6.07, 6.45) is 0. The molecule has 106 valence electrons. The molecule has 4 heteroatoms. The SMILES string of the molecule is CCN1CCN(c2cc(C)c3cc(N)ccc3n2)CC1. The minimum Gasteiger partial charge on any atom is -0.399 e. The Hall–Kier alpha value is -1.81. The normalized spacial score (nSPS) is 16.8. The Morgan fingerprint density at radius 2 is 1.90 bits per heavy atom. The first-order valence-corrected chi connectivity index (χ1v) is 7.31. The summed E-state index contributed by atoms with van der Waals surface area (Å²) in [5, 5.41) is 1.15. The highest BCUT2D eigenvalue weighted by atomic mass is 15.3. The standard InChI is InChI=1S/C16H22N4/c1-3-19-6-8-20(9-7-19)16-10-12(2)14-11-13(17)4-5-15(14)18-16/h4-5,10-11H,3,6-9,17H2,1-2H3. The quantitative estimate of drug-likeness (QED) is 0.850. The van der Waals surface area contributed by atoms with Crippen LogP contribution in [0, 0.1) is 6.92 Å². The average Bonchev–Trinajstić information content (AvgIpc) is 2.48. The van der Waals surface area contributed by atoms with Crippen LogP contribution in [0.1, 0.15) is 12.5 Å². The number of hydrogen-bond acceptors (Lipinski definition) is 4. The van der Waals surface area contributed by atoms with Crippen LogP contribution in [0.3, 0.4) is 0 Å². The Kier molecular flexibility index (Phi) is 3.49. The number of rotatable bonds is 2. The molecule has 20 heavy (non-hydrogen) atoms. The van der Waals surface area contributed by atoms with E-state index in [-0.39, 0.29) is 0 Å². The lowest BCUT2D eigenvalue weighted by Crippen LogP contribution is -2.46. The molecule has 1 aliphatic rings. The van der Waals surface area contributed by atoms with E-state index in [4.69, 9.17) is 10.7 Å². The Bertz CT molecular complexity index is 615. The predicted molar refractivity (Wildman–Crippen MR) is 85.2 cm³/mol. The van der Waals surface area contributed by atoms with Gasteiger partial charge in [0.1, 0.15) is 5.82 Å². The van der Waals surface area contributed by atoms with Crippen molar-refractivity contribution >= 4 is 22.4 Å². The topological polar surface area (TPSA) is 45.4 Å². The zero-order valence-corrected chi connectivity index (χ0v) is 12.3. The van der Waals surface area contributed by atoms with Crippen molar-refractivity contribution < 1.29 is 0 Å². The van der Waals surface area contributed by atoms with Crippen molar-refractivity contribution in [2.75, 3.05) is 43.4 Å². The molecule has 0 aliphatic carbocycles. The fraction of sp³-hybridized carbons (Fsp3) is 0.438. The van der Waals surface area contributed by atoms with Gasteiger partial charge in [0.05, 0.1) is 5.52 Å². The van der Waals surface area contributed by atoms with Gasteiger partial charge in [-0.1, -0.05) is 6.92 Å². The summed E-state index contributed by atoms with van der Waals surface area (Å²) < 4.78 is 0. The largest absolute Gasteiger partial charge is 0.399 e. The summed E-state index contributed by atoms with van der Waals surface area (Å²) in [6, 6.07) is 8.14. The Balaban J connectivity index is 1.91. The van der Waals surface area contributed by atoms with E-state index in [0.717, 1.165) is 55.1 Å². The summed E-state index contributed by atoms with van der Waals surface area (Å²) >= 11 is 0. The first-order valence-electron chi connectivity index (χ1n) is 7.31. The highest BCUT2D eigenvalue weighted by Crippen LogP contribution is 2.24. The van der Waals surface area contributed by atoms with Crippen LogP contribution in [-0.4, -0.2) is 42.6 Å². The molecule has 0 radical (unpaired) electrons. The van der Waals surface area contributed by atoms with Gasteiger partial charge < -0.3 is 15.5 Å². The lowest BCUT2D eigenvalue weighted by atomic mass is 10.1. The molecule has 2 heterocycles. The Labute approximate surface area is 120 Å². The molecule has 1 fully saturated rings. The molecule has 1 aromatic carbocycles. The van der Waals surface area contributed by atoms with Gasteiger partial charge in [-0.05, 0) is 43.3 Å². The molecular formula is C16H22N4. The first-order chi connectivity index (χ1) is 9.67. The van der Waals surface area contributed by atoms with Crippen LogP contribution in [0.5, 0.6) is 0 Å². The molecule has 1 saturated heterocycles. The predicted octanol–water partition coefficient (Wildman–Crippen LogP) is 2.27. The lowest BCUT2D eigenvalue weighted by molar-refractivity contribution is 0.270. The number of benzene rings is 1. The third-order valence-corrected chi connectivity index (χ3v) is 4.17. The number of pyridine rings is 1. The molecule has 0 spiro atoms. The number of nitrogens with zero attached hydrogens (tertiary/aromatic N) is 3. The molecule has 0 unspecified atom stereocenters. The average molecular weight is 270 g/mol. The fourth-order valence-electron chi connectivity index (χ4n) is 2.85. The number of hydrogen-bond donors (Lipinski definition) is 1. The molecular weight excluding hydrogens is 248 g/mol. The van der Waals surface area contributed by atoms with Gasteiger partial charge in [-0.15, -0.1) is 0 Å². The maximum Gasteiger partial charge on any atom is 0.129 e. The molecule has 2 aromatic rings. The third kappa shape index (κ3) is 2.43. The Morgan fingerprint density at radius 1 is 1.15 bits per heavy atom. The van der Waals surface area contributed by atoms with E-state index in [2.05, 4.69) is 29.7 Å². The van der Waals surface area contributed by atoms with E-state index in [1.807, 2.05) is 18.2 Å². The van der Waals surface area contributed by atoms with Gasteiger partial charge in [0.2, 0.25) is 0 Å². The first kappa shape index (κ1) is 13.2. The van der Waals surface area contributed by atoms with E-state index < -0.39 is 0 Å². The fourth-order valence-corrected chi connectivity index (χ4v) is 2.85. The van der Waals surface area contributed by atoms with Crippen molar-refractivity contribution in [3.05, 3.63) is 29.8 Å². The molecule has 0 amide bonds. The van der Waals surface area contributed by atoms with E-state index in [1.54, 1.807) is 0 Å². The number of nitrogen functional groups attached to an aromatic ring is 1. The van der Waals surface area contributed by atoms with Gasteiger partial charge in [-0.25, -0.2) is 4.98 Å². The Morgan fingerprint density at radius 3 is 2.60 bits per heavy atom. The summed E-state index contributed by atoms with van der Waals surface area (Å²) in [5.74, 6) is 1.09. The molecule has 0 saturated carbocycles. The van der Waals surface area contributed by atoms with E-state index in [0.29, 0.717) is 0 Å². The van der Waals surface area contributed by atoms with Gasteiger partial charge in [0.25, 0.3) is 0 Å².